The number of carbonyl (C=O) groups is 1. The summed E-state index contributed by atoms with van der Waals surface area (Å²) in [4.78, 5) is 11.3. The Hall–Kier alpha value is -2.23. The van der Waals surface area contributed by atoms with Crippen molar-refractivity contribution in [3.8, 4) is 11.5 Å². The van der Waals surface area contributed by atoms with Gasteiger partial charge in [-0.05, 0) is 62.1 Å². The number of ether oxygens (including phenoxy) is 2. The van der Waals surface area contributed by atoms with E-state index in [1.165, 1.54) is 0 Å². The Bertz CT molecular complexity index is 627. The Morgan fingerprint density at radius 2 is 1.65 bits per heavy atom. The quantitative estimate of drug-likeness (QED) is 0.680. The summed E-state index contributed by atoms with van der Waals surface area (Å²) < 4.78 is 10.7. The summed E-state index contributed by atoms with van der Waals surface area (Å²) in [7, 11) is 0. The van der Waals surface area contributed by atoms with Crippen molar-refractivity contribution >= 4 is 11.5 Å². The molecule has 0 radical (unpaired) electrons. The van der Waals surface area contributed by atoms with Gasteiger partial charge in [0.1, 0.15) is 0 Å². The van der Waals surface area contributed by atoms with Crippen molar-refractivity contribution < 1.29 is 14.3 Å². The van der Waals surface area contributed by atoms with Crippen LogP contribution in [0.4, 0.5) is 0 Å². The van der Waals surface area contributed by atoms with Gasteiger partial charge in [0.2, 0.25) is 12.7 Å². The number of fused-ring (bicyclic) bond motifs is 1. The van der Waals surface area contributed by atoms with Crippen LogP contribution in [0.2, 0.25) is 0 Å². The first kappa shape index (κ1) is 14.2. The second-order valence-corrected chi connectivity index (χ2v) is 4.93. The lowest BCUT2D eigenvalue weighted by Crippen LogP contribution is -2.13. The Balaban J connectivity index is 2.44. The number of hydrogen-bond acceptors (Lipinski definition) is 3. The number of primary amides is 1. The van der Waals surface area contributed by atoms with Crippen LogP contribution < -0.4 is 15.2 Å². The number of amides is 1. The van der Waals surface area contributed by atoms with Crippen molar-refractivity contribution in [2.45, 2.75) is 27.7 Å². The van der Waals surface area contributed by atoms with Crippen molar-refractivity contribution in [3.05, 3.63) is 40.5 Å². The highest BCUT2D eigenvalue weighted by atomic mass is 16.7. The van der Waals surface area contributed by atoms with Crippen LogP contribution in [-0.2, 0) is 4.79 Å². The molecule has 20 heavy (non-hydrogen) atoms. The molecular formula is C16H19NO3. The molecule has 1 amide bonds. The van der Waals surface area contributed by atoms with Gasteiger partial charge >= 0.3 is 0 Å². The molecule has 0 atom stereocenters. The molecule has 0 fully saturated rings. The van der Waals surface area contributed by atoms with Crippen LogP contribution in [-0.4, -0.2) is 12.7 Å². The van der Waals surface area contributed by atoms with Gasteiger partial charge in [0.05, 0.1) is 0 Å². The maximum atomic E-state index is 11.3. The van der Waals surface area contributed by atoms with Gasteiger partial charge < -0.3 is 15.2 Å². The zero-order valence-electron chi connectivity index (χ0n) is 12.2. The molecule has 0 saturated heterocycles. The molecule has 1 aliphatic heterocycles. The van der Waals surface area contributed by atoms with Crippen molar-refractivity contribution in [1.29, 1.82) is 0 Å². The van der Waals surface area contributed by atoms with E-state index < -0.39 is 0 Å². The van der Waals surface area contributed by atoms with E-state index in [2.05, 4.69) is 0 Å². The SMILES string of the molecule is CC(C(N)=O)=C(C)C(C)=C(C)c1ccc2c(c1)OCO2. The fourth-order valence-electron chi connectivity index (χ4n) is 2.09. The molecule has 0 saturated carbocycles. The number of carbonyl (C=O) groups excluding carboxylic acids is 1. The summed E-state index contributed by atoms with van der Waals surface area (Å²) >= 11 is 0. The number of benzene rings is 1. The van der Waals surface area contributed by atoms with Gasteiger partial charge in [0.15, 0.2) is 11.5 Å². The summed E-state index contributed by atoms with van der Waals surface area (Å²) in [6.07, 6.45) is 0. The Morgan fingerprint density at radius 1 is 1.00 bits per heavy atom. The molecule has 0 unspecified atom stereocenters. The average molecular weight is 273 g/mol. The summed E-state index contributed by atoms with van der Waals surface area (Å²) in [6.45, 7) is 7.92. The van der Waals surface area contributed by atoms with Crippen LogP contribution >= 0.6 is 0 Å². The summed E-state index contributed by atoms with van der Waals surface area (Å²) in [6, 6.07) is 5.84. The highest BCUT2D eigenvalue weighted by Gasteiger charge is 2.15. The first-order valence-corrected chi connectivity index (χ1v) is 6.47. The van der Waals surface area contributed by atoms with Crippen LogP contribution in [0.3, 0.4) is 0 Å². The molecule has 1 aromatic carbocycles. The molecule has 1 aliphatic rings. The van der Waals surface area contributed by atoms with Crippen molar-refractivity contribution in [3.63, 3.8) is 0 Å². The molecular weight excluding hydrogens is 254 g/mol. The highest BCUT2D eigenvalue weighted by molar-refractivity contribution is 5.93. The lowest BCUT2D eigenvalue weighted by Gasteiger charge is -2.11. The highest BCUT2D eigenvalue weighted by Crippen LogP contribution is 2.35. The van der Waals surface area contributed by atoms with Gasteiger partial charge in [-0.2, -0.15) is 0 Å². The largest absolute Gasteiger partial charge is 0.454 e. The predicted octanol–water partition coefficient (Wildman–Crippen LogP) is 3.03. The molecule has 0 spiro atoms. The van der Waals surface area contributed by atoms with Crippen LogP contribution in [0, 0.1) is 0 Å². The van der Waals surface area contributed by atoms with Gasteiger partial charge in [0, 0.05) is 5.57 Å². The lowest BCUT2D eigenvalue weighted by atomic mass is 9.95. The third-order valence-electron chi connectivity index (χ3n) is 3.86. The van der Waals surface area contributed by atoms with E-state index in [0.29, 0.717) is 5.57 Å². The van der Waals surface area contributed by atoms with Gasteiger partial charge in [-0.15, -0.1) is 0 Å². The van der Waals surface area contributed by atoms with E-state index in [4.69, 9.17) is 15.2 Å². The minimum atomic E-state index is -0.389. The maximum absolute atomic E-state index is 11.3. The number of rotatable bonds is 3. The lowest BCUT2D eigenvalue weighted by molar-refractivity contribution is -0.114. The molecule has 0 aromatic heterocycles. The summed E-state index contributed by atoms with van der Waals surface area (Å²) in [5, 5.41) is 0. The molecule has 4 nitrogen and oxygen atoms in total. The van der Waals surface area contributed by atoms with Crippen LogP contribution in [0.5, 0.6) is 11.5 Å². The first-order valence-electron chi connectivity index (χ1n) is 6.47. The van der Waals surface area contributed by atoms with E-state index in [-0.39, 0.29) is 12.7 Å². The fourth-order valence-corrected chi connectivity index (χ4v) is 2.09. The molecule has 0 aliphatic carbocycles. The number of nitrogens with two attached hydrogens (primary N) is 1. The first-order chi connectivity index (χ1) is 9.41. The van der Waals surface area contributed by atoms with Gasteiger partial charge in [0.25, 0.3) is 0 Å². The van der Waals surface area contributed by atoms with Crippen LogP contribution in [0.15, 0.2) is 34.9 Å². The molecule has 4 heteroatoms. The van der Waals surface area contributed by atoms with Crippen LogP contribution in [0.1, 0.15) is 33.3 Å². The minimum absolute atomic E-state index is 0.264. The third kappa shape index (κ3) is 2.54. The normalized spacial score (nSPS) is 15.6. The third-order valence-corrected chi connectivity index (χ3v) is 3.86. The van der Waals surface area contributed by atoms with Crippen LogP contribution in [0.25, 0.3) is 5.57 Å². The predicted molar refractivity (Wildman–Crippen MR) is 78.4 cm³/mol. The van der Waals surface area contributed by atoms with Crippen molar-refractivity contribution in [2.24, 2.45) is 5.73 Å². The topological polar surface area (TPSA) is 61.6 Å². The van der Waals surface area contributed by atoms with Gasteiger partial charge in [-0.1, -0.05) is 6.07 Å². The smallest absolute Gasteiger partial charge is 0.244 e. The van der Waals surface area contributed by atoms with E-state index in [9.17, 15) is 4.79 Å². The molecule has 1 heterocycles. The standard InChI is InChI=1S/C16H19NO3/c1-9(10(2)12(4)16(17)18)11(3)13-5-6-14-15(7-13)20-8-19-14/h5-7H,8H2,1-4H3,(H2,17,18). The van der Waals surface area contributed by atoms with E-state index in [1.54, 1.807) is 6.92 Å². The van der Waals surface area contributed by atoms with Crippen molar-refractivity contribution in [2.75, 3.05) is 6.79 Å². The fraction of sp³-hybridized carbons (Fsp3) is 0.312. The Morgan fingerprint density at radius 3 is 2.30 bits per heavy atom. The Kier molecular flexibility index (Phi) is 3.84. The second kappa shape index (κ2) is 5.41. The molecule has 0 bridgehead atoms. The number of allylic oxidation sites excluding steroid dienone is 3. The van der Waals surface area contributed by atoms with Gasteiger partial charge in [-0.3, -0.25) is 4.79 Å². The maximum Gasteiger partial charge on any atom is 0.244 e. The van der Waals surface area contributed by atoms with E-state index >= 15 is 0 Å². The average Bonchev–Trinajstić information content (AvgIpc) is 2.91. The second-order valence-electron chi connectivity index (χ2n) is 4.93. The van der Waals surface area contributed by atoms with Gasteiger partial charge in [-0.25, -0.2) is 0 Å². The summed E-state index contributed by atoms with van der Waals surface area (Å²) in [5.74, 6) is 1.13. The zero-order valence-corrected chi connectivity index (χ0v) is 12.2. The Labute approximate surface area is 118 Å². The summed E-state index contributed by atoms with van der Waals surface area (Å²) in [5.41, 5.74) is 10.00. The minimum Gasteiger partial charge on any atom is -0.454 e. The zero-order chi connectivity index (χ0) is 14.9. The van der Waals surface area contributed by atoms with E-state index in [0.717, 1.165) is 33.8 Å². The molecule has 1 aromatic rings. The van der Waals surface area contributed by atoms with Crippen molar-refractivity contribution in [1.82, 2.24) is 0 Å². The van der Waals surface area contributed by atoms with E-state index in [1.807, 2.05) is 39.0 Å². The number of hydrogen-bond donors (Lipinski definition) is 1. The molecule has 2 rings (SSSR count). The molecule has 2 N–H and O–H groups in total. The monoisotopic (exact) mass is 273 g/mol. The molecule has 106 valence electrons.